The maximum atomic E-state index is 11.9. The van der Waals surface area contributed by atoms with Gasteiger partial charge in [0.25, 0.3) is 0 Å². The first-order chi connectivity index (χ1) is 8.65. The summed E-state index contributed by atoms with van der Waals surface area (Å²) >= 11 is 0. The van der Waals surface area contributed by atoms with E-state index in [1.807, 2.05) is 0 Å². The van der Waals surface area contributed by atoms with Gasteiger partial charge in [0.15, 0.2) is 0 Å². The molecule has 0 aromatic carbocycles. The predicted molar refractivity (Wildman–Crippen MR) is 70.7 cm³/mol. The summed E-state index contributed by atoms with van der Waals surface area (Å²) in [5.74, 6) is 1.56. The van der Waals surface area contributed by atoms with Crippen LogP contribution in [0.2, 0.25) is 0 Å². The van der Waals surface area contributed by atoms with Crippen molar-refractivity contribution in [2.75, 3.05) is 24.6 Å². The zero-order valence-electron chi connectivity index (χ0n) is 10.7. The average molecular weight is 271 g/mol. The van der Waals surface area contributed by atoms with Crippen molar-refractivity contribution in [2.45, 2.75) is 38.5 Å². The van der Waals surface area contributed by atoms with Crippen LogP contribution >= 0.6 is 0 Å². The second-order valence-corrected chi connectivity index (χ2v) is 6.82. The van der Waals surface area contributed by atoms with Gasteiger partial charge < -0.3 is 4.90 Å². The van der Waals surface area contributed by atoms with Crippen LogP contribution in [0.3, 0.4) is 0 Å². The van der Waals surface area contributed by atoms with E-state index in [1.165, 1.54) is 12.8 Å². The molecular formula is C13H21NO3S. The lowest BCUT2D eigenvalue weighted by Crippen LogP contribution is -2.41. The van der Waals surface area contributed by atoms with Crippen LogP contribution in [-0.2, 0) is 20.4 Å². The zero-order chi connectivity index (χ0) is 13.0. The van der Waals surface area contributed by atoms with Crippen molar-refractivity contribution in [1.29, 1.82) is 0 Å². The number of amides is 1. The standard InChI is InChI=1S/C13H21NO3S/c15-12-5-7-14(8-6-12)13(16)10-18(17)9-11-3-1-2-4-11/h11H,1-10H2. The van der Waals surface area contributed by atoms with E-state index in [2.05, 4.69) is 0 Å². The molecule has 0 radical (unpaired) electrons. The molecule has 1 aliphatic carbocycles. The molecule has 5 heteroatoms. The van der Waals surface area contributed by atoms with Crippen LogP contribution in [-0.4, -0.2) is 45.4 Å². The zero-order valence-corrected chi connectivity index (χ0v) is 11.5. The minimum atomic E-state index is -1.03. The van der Waals surface area contributed by atoms with Crippen molar-refractivity contribution < 1.29 is 13.8 Å². The lowest BCUT2D eigenvalue weighted by Gasteiger charge is -2.26. The number of nitrogens with zero attached hydrogens (tertiary/aromatic N) is 1. The number of carbonyl (C=O) groups is 2. The number of piperidine rings is 1. The molecule has 1 heterocycles. The number of carbonyl (C=O) groups excluding carboxylic acids is 2. The minimum Gasteiger partial charge on any atom is -0.341 e. The molecule has 2 rings (SSSR count). The molecule has 1 saturated heterocycles. The summed E-state index contributed by atoms with van der Waals surface area (Å²) in [7, 11) is -1.03. The third-order valence-corrected chi connectivity index (χ3v) is 5.27. The Morgan fingerprint density at radius 1 is 1.22 bits per heavy atom. The summed E-state index contributed by atoms with van der Waals surface area (Å²) in [4.78, 5) is 24.7. The highest BCUT2D eigenvalue weighted by molar-refractivity contribution is 7.85. The van der Waals surface area contributed by atoms with Crippen LogP contribution < -0.4 is 0 Å². The largest absolute Gasteiger partial charge is 0.341 e. The van der Waals surface area contributed by atoms with Gasteiger partial charge in [-0.05, 0) is 18.8 Å². The molecule has 2 fully saturated rings. The Hall–Kier alpha value is -0.710. The Kier molecular flexibility index (Phi) is 4.92. The number of hydrogen-bond acceptors (Lipinski definition) is 3. The normalized spacial score (nSPS) is 23.3. The SMILES string of the molecule is O=C1CCN(C(=O)CS(=O)CC2CCCC2)CC1. The first-order valence-corrected chi connectivity index (χ1v) is 8.28. The van der Waals surface area contributed by atoms with Gasteiger partial charge in [-0.25, -0.2) is 0 Å². The first kappa shape index (κ1) is 13.7. The molecule has 0 spiro atoms. The van der Waals surface area contributed by atoms with E-state index in [-0.39, 0.29) is 17.4 Å². The fourth-order valence-corrected chi connectivity index (χ4v) is 4.17. The van der Waals surface area contributed by atoms with E-state index in [0.29, 0.717) is 37.6 Å². The van der Waals surface area contributed by atoms with E-state index >= 15 is 0 Å². The molecule has 2 aliphatic rings. The molecule has 0 aromatic heterocycles. The number of Topliss-reactive ketones (excluding diaryl/α,β-unsaturated/α-hetero) is 1. The first-order valence-electron chi connectivity index (χ1n) is 6.79. The highest BCUT2D eigenvalue weighted by Crippen LogP contribution is 2.25. The molecule has 1 aliphatic heterocycles. The average Bonchev–Trinajstić information content (AvgIpc) is 2.82. The summed E-state index contributed by atoms with van der Waals surface area (Å²) in [5.41, 5.74) is 0. The van der Waals surface area contributed by atoms with Crippen LogP contribution in [0, 0.1) is 5.92 Å². The molecule has 0 aromatic rings. The Labute approximate surface area is 111 Å². The molecule has 4 nitrogen and oxygen atoms in total. The van der Waals surface area contributed by atoms with Crippen molar-refractivity contribution in [3.8, 4) is 0 Å². The Morgan fingerprint density at radius 3 is 2.44 bits per heavy atom. The predicted octanol–water partition coefficient (Wildman–Crippen LogP) is 1.12. The molecule has 102 valence electrons. The summed E-state index contributed by atoms with van der Waals surface area (Å²) in [6, 6.07) is 0. The molecule has 1 saturated carbocycles. The number of ketones is 1. The van der Waals surface area contributed by atoms with Gasteiger partial charge >= 0.3 is 0 Å². The molecule has 1 unspecified atom stereocenters. The van der Waals surface area contributed by atoms with Gasteiger partial charge in [-0.15, -0.1) is 0 Å². The van der Waals surface area contributed by atoms with Gasteiger partial charge in [-0.3, -0.25) is 13.8 Å². The number of hydrogen-bond donors (Lipinski definition) is 0. The quantitative estimate of drug-likeness (QED) is 0.770. The van der Waals surface area contributed by atoms with Gasteiger partial charge in [0, 0.05) is 42.5 Å². The maximum Gasteiger partial charge on any atom is 0.235 e. The van der Waals surface area contributed by atoms with Gasteiger partial charge in [0.1, 0.15) is 11.5 Å². The van der Waals surface area contributed by atoms with Crippen LogP contribution in [0.4, 0.5) is 0 Å². The Balaban J connectivity index is 1.72. The topological polar surface area (TPSA) is 54.5 Å². The number of rotatable bonds is 4. The van der Waals surface area contributed by atoms with E-state index in [0.717, 1.165) is 12.8 Å². The van der Waals surface area contributed by atoms with E-state index < -0.39 is 10.8 Å². The lowest BCUT2D eigenvalue weighted by atomic mass is 10.1. The third kappa shape index (κ3) is 3.90. The molecule has 18 heavy (non-hydrogen) atoms. The fourth-order valence-electron chi connectivity index (χ4n) is 2.73. The monoisotopic (exact) mass is 271 g/mol. The van der Waals surface area contributed by atoms with Crippen molar-refractivity contribution in [2.24, 2.45) is 5.92 Å². The molecule has 0 bridgehead atoms. The molecule has 0 N–H and O–H groups in total. The summed E-state index contributed by atoms with van der Waals surface area (Å²) in [6.07, 6.45) is 5.73. The summed E-state index contributed by atoms with van der Waals surface area (Å²) in [6.45, 7) is 1.02. The van der Waals surface area contributed by atoms with Gasteiger partial charge in [0.2, 0.25) is 5.91 Å². The molecule has 1 atom stereocenters. The van der Waals surface area contributed by atoms with Crippen LogP contribution in [0.5, 0.6) is 0 Å². The van der Waals surface area contributed by atoms with Crippen molar-refractivity contribution in [3.05, 3.63) is 0 Å². The van der Waals surface area contributed by atoms with Gasteiger partial charge in [-0.2, -0.15) is 0 Å². The Morgan fingerprint density at radius 2 is 1.83 bits per heavy atom. The van der Waals surface area contributed by atoms with Crippen LogP contribution in [0.15, 0.2) is 0 Å². The van der Waals surface area contributed by atoms with Crippen molar-refractivity contribution >= 4 is 22.5 Å². The second-order valence-electron chi connectivity index (χ2n) is 5.32. The van der Waals surface area contributed by atoms with E-state index in [9.17, 15) is 13.8 Å². The smallest absolute Gasteiger partial charge is 0.235 e. The maximum absolute atomic E-state index is 11.9. The fraction of sp³-hybridized carbons (Fsp3) is 0.846. The van der Waals surface area contributed by atoms with E-state index in [4.69, 9.17) is 0 Å². The van der Waals surface area contributed by atoms with Crippen LogP contribution in [0.1, 0.15) is 38.5 Å². The highest BCUT2D eigenvalue weighted by Gasteiger charge is 2.24. The van der Waals surface area contributed by atoms with Crippen molar-refractivity contribution in [1.82, 2.24) is 4.90 Å². The van der Waals surface area contributed by atoms with Crippen LogP contribution in [0.25, 0.3) is 0 Å². The highest BCUT2D eigenvalue weighted by atomic mass is 32.2. The van der Waals surface area contributed by atoms with E-state index in [1.54, 1.807) is 4.90 Å². The molecular weight excluding hydrogens is 250 g/mol. The minimum absolute atomic E-state index is 0.0427. The lowest BCUT2D eigenvalue weighted by molar-refractivity contribution is -0.132. The van der Waals surface area contributed by atoms with Gasteiger partial charge in [-0.1, -0.05) is 12.8 Å². The Bertz CT molecular complexity index is 340. The summed E-state index contributed by atoms with van der Waals surface area (Å²) < 4.78 is 11.9. The second kappa shape index (κ2) is 6.45. The number of likely N-dealkylation sites (tertiary alicyclic amines) is 1. The summed E-state index contributed by atoms with van der Waals surface area (Å²) in [5, 5.41) is 0. The third-order valence-electron chi connectivity index (χ3n) is 3.85. The van der Waals surface area contributed by atoms with Gasteiger partial charge in [0.05, 0.1) is 0 Å². The molecule has 1 amide bonds. The van der Waals surface area contributed by atoms with Crippen molar-refractivity contribution in [3.63, 3.8) is 0 Å².